The number of sulfonamides is 2. The number of carboxylic acids is 1. The second-order valence-electron chi connectivity index (χ2n) is 36.7. The zero-order valence-electron chi connectivity index (χ0n) is 70.7. The number of carbonyl (C=O) groups excluding carboxylic acids is 4. The van der Waals surface area contributed by atoms with Crippen molar-refractivity contribution in [2.24, 2.45) is 57.1 Å². The number of carboxylic acid groups (broad SMARTS) is 1. The summed E-state index contributed by atoms with van der Waals surface area (Å²) in [5.41, 5.74) is -1.28. The molecule has 3 saturated heterocycles. The molecule has 6 aliphatic rings. The highest BCUT2D eigenvalue weighted by Gasteiger charge is 2.46. The number of likely N-dealkylation sites (tertiary alicyclic amines) is 3. The third-order valence-corrected chi connectivity index (χ3v) is 22.7. The Morgan fingerprint density at radius 1 is 0.655 bits per heavy atom. The molecule has 3 saturated carbocycles. The molecule has 0 aromatic carbocycles. The number of hydrogen-bond donors (Lipinski definition) is 5. The van der Waals surface area contributed by atoms with Gasteiger partial charge in [0.2, 0.25) is 11.8 Å². The van der Waals surface area contributed by atoms with Gasteiger partial charge in [-0.1, -0.05) is 37.6 Å². The fourth-order valence-electron chi connectivity index (χ4n) is 15.2. The number of aromatic carboxylic acids is 1. The van der Waals surface area contributed by atoms with E-state index in [4.69, 9.17) is 45.9 Å². The first-order chi connectivity index (χ1) is 52.3. The van der Waals surface area contributed by atoms with Crippen molar-refractivity contribution in [2.45, 2.75) is 283 Å². The fraction of sp³-hybridized carbons (Fsp3) is 0.720. The number of nitrogens with zero attached hydrogens (tertiary/aromatic N) is 9. The van der Waals surface area contributed by atoms with Crippen molar-refractivity contribution >= 4 is 68.0 Å². The SMILES string of the molecule is CC(C)(C)OC(=O)N1CC(CCC=O)CC1(C)C.CC(C)(C)OC(=O)N1CC(CCCO)CC1(C)C.CN(CCCC1CCC(C)(C)C1)c1cccc(S(N)(=O)=O)n1.CNCCCC1CN(C(=O)OC(C)(C)C)C(C)(C)C1.NS(=O)(=O)c1cccc(F)n1.O=C(O)c1ccc(-n2ccc(OCCC(C3CC3)C3CC3)n2)nc1Cl. The zero-order chi connectivity index (χ0) is 84.9. The lowest BCUT2D eigenvalue weighted by Crippen LogP contribution is -2.45. The minimum Gasteiger partial charge on any atom is -0.478 e. The van der Waals surface area contributed by atoms with Crippen LogP contribution in [0.1, 0.15) is 250 Å². The summed E-state index contributed by atoms with van der Waals surface area (Å²) in [5, 5.41) is 34.6. The van der Waals surface area contributed by atoms with Crippen molar-refractivity contribution in [3.63, 3.8) is 0 Å². The second-order valence-corrected chi connectivity index (χ2v) is 40.1. The van der Waals surface area contributed by atoms with Gasteiger partial charge >= 0.3 is 24.2 Å². The summed E-state index contributed by atoms with van der Waals surface area (Å²) < 4.78 is 79.8. The molecular formula is C82H134ClFN12O15S2. The first-order valence-corrected chi connectivity index (χ1v) is 43.4. The van der Waals surface area contributed by atoms with Crippen molar-refractivity contribution in [1.29, 1.82) is 0 Å². The highest BCUT2D eigenvalue weighted by molar-refractivity contribution is 7.89. The summed E-state index contributed by atoms with van der Waals surface area (Å²) in [6, 6.07) is 13.1. The number of carbonyl (C=O) groups is 5. The number of aldehydes is 1. The van der Waals surface area contributed by atoms with E-state index >= 15 is 0 Å². The van der Waals surface area contributed by atoms with Gasteiger partial charge in [-0.25, -0.2) is 65.9 Å². The van der Waals surface area contributed by atoms with Gasteiger partial charge < -0.3 is 58.9 Å². The molecule has 7 heterocycles. The average Bonchev–Trinajstić information content (AvgIpc) is 1.67. The lowest BCUT2D eigenvalue weighted by atomic mass is 9.89. The minimum atomic E-state index is -3.88. The molecule has 3 aliphatic carbocycles. The first kappa shape index (κ1) is 96.8. The summed E-state index contributed by atoms with van der Waals surface area (Å²) in [6.07, 6.45) is 23.5. The maximum Gasteiger partial charge on any atom is 0.410 e. The number of amides is 3. The third kappa shape index (κ3) is 34.1. The van der Waals surface area contributed by atoms with Crippen molar-refractivity contribution in [3.05, 3.63) is 77.5 Å². The predicted molar refractivity (Wildman–Crippen MR) is 437 cm³/mol. The molecule has 7 N–H and O–H groups in total. The molecule has 27 nitrogen and oxygen atoms in total. The summed E-state index contributed by atoms with van der Waals surface area (Å²) in [4.78, 5) is 76.7. The number of rotatable bonds is 25. The number of ether oxygens (including phenoxy) is 4. The van der Waals surface area contributed by atoms with E-state index in [1.807, 2.05) is 97.2 Å². The van der Waals surface area contributed by atoms with Crippen molar-refractivity contribution < 1.29 is 74.4 Å². The van der Waals surface area contributed by atoms with Crippen molar-refractivity contribution in [1.82, 2.24) is 44.7 Å². The second kappa shape index (κ2) is 41.8. The quantitative estimate of drug-likeness (QED) is 0.0178. The predicted octanol–water partition coefficient (Wildman–Crippen LogP) is 15.3. The normalized spacial score (nSPS) is 20.1. The maximum atomic E-state index is 12.3. The average molecular weight is 1650 g/mol. The lowest BCUT2D eigenvalue weighted by Gasteiger charge is -2.33. The van der Waals surface area contributed by atoms with E-state index in [-0.39, 0.29) is 57.2 Å². The van der Waals surface area contributed by atoms with E-state index in [9.17, 15) is 45.2 Å². The molecule has 4 aromatic heterocycles. The van der Waals surface area contributed by atoms with Crippen molar-refractivity contribution in [3.8, 4) is 11.7 Å². The Hall–Kier alpha value is -6.83. The molecular weight excluding hydrogens is 1510 g/mol. The molecule has 113 heavy (non-hydrogen) atoms. The number of primary sulfonamides is 2. The van der Waals surface area contributed by atoms with Crippen LogP contribution in [0, 0.1) is 52.8 Å². The minimum absolute atomic E-state index is 0.0276. The molecule has 4 atom stereocenters. The number of aromatic nitrogens is 5. The Bertz CT molecular complexity index is 3940. The molecule has 6 fully saturated rings. The largest absolute Gasteiger partial charge is 0.478 e. The van der Waals surface area contributed by atoms with Gasteiger partial charge in [0.05, 0.1) is 12.2 Å². The molecule has 0 radical (unpaired) electrons. The van der Waals surface area contributed by atoms with Crippen LogP contribution in [0.5, 0.6) is 5.88 Å². The molecule has 10 rings (SSSR count). The van der Waals surface area contributed by atoms with E-state index < -0.39 is 53.8 Å². The summed E-state index contributed by atoms with van der Waals surface area (Å²) in [6.45, 7) is 39.3. The topological polar surface area (TPSA) is 365 Å². The number of halogens is 2. The van der Waals surface area contributed by atoms with Crippen LogP contribution in [0.15, 0.2) is 70.8 Å². The van der Waals surface area contributed by atoms with Crippen LogP contribution in [0.4, 0.5) is 24.6 Å². The van der Waals surface area contributed by atoms with E-state index in [1.54, 1.807) is 29.3 Å². The Morgan fingerprint density at radius 3 is 1.53 bits per heavy atom. The number of aliphatic hydroxyl groups is 1. The van der Waals surface area contributed by atoms with Gasteiger partial charge in [-0.3, -0.25) is 0 Å². The first-order valence-electron chi connectivity index (χ1n) is 39.9. The van der Waals surface area contributed by atoms with Crippen molar-refractivity contribution in [2.75, 3.05) is 64.9 Å². The van der Waals surface area contributed by atoms with Gasteiger partial charge in [-0.15, -0.1) is 5.10 Å². The molecule has 31 heteroatoms. The van der Waals surface area contributed by atoms with Crippen LogP contribution in [-0.2, 0) is 39.1 Å². The maximum absolute atomic E-state index is 12.3. The smallest absolute Gasteiger partial charge is 0.410 e. The Labute approximate surface area is 677 Å². The van der Waals surface area contributed by atoms with E-state index in [0.29, 0.717) is 60.3 Å². The number of nitrogens with one attached hydrogen (secondary N) is 1. The van der Waals surface area contributed by atoms with Crippen LogP contribution in [0.3, 0.4) is 0 Å². The van der Waals surface area contributed by atoms with E-state index in [0.717, 1.165) is 120 Å². The molecule has 0 spiro atoms. The van der Waals surface area contributed by atoms with Crippen LogP contribution in [0.2, 0.25) is 5.15 Å². The van der Waals surface area contributed by atoms with Gasteiger partial charge in [-0.2, -0.15) is 4.39 Å². The Morgan fingerprint density at radius 2 is 1.12 bits per heavy atom. The molecule has 638 valence electrons. The molecule has 3 amide bonds. The van der Waals surface area contributed by atoms with Gasteiger partial charge in [0.1, 0.15) is 34.1 Å². The number of pyridine rings is 3. The van der Waals surface area contributed by atoms with Crippen LogP contribution >= 0.6 is 11.6 Å². The summed E-state index contributed by atoms with van der Waals surface area (Å²) in [7, 11) is -3.70. The van der Waals surface area contributed by atoms with E-state index in [2.05, 4.69) is 85.9 Å². The van der Waals surface area contributed by atoms with Gasteiger partial charge in [0, 0.05) is 75.1 Å². The molecule has 4 aromatic rings. The molecule has 4 unspecified atom stereocenters. The Balaban J connectivity index is 0.000000246. The number of aliphatic hydroxyl groups excluding tert-OH is 1. The van der Waals surface area contributed by atoms with Crippen LogP contribution in [0.25, 0.3) is 5.82 Å². The summed E-state index contributed by atoms with van der Waals surface area (Å²) in [5.74, 6) is 4.65. The number of nitrogens with two attached hydrogens (primary N) is 2. The van der Waals surface area contributed by atoms with Gasteiger partial charge in [-0.05, 0) is 316 Å². The number of hydrogen-bond acceptors (Lipinski definition) is 20. The highest BCUT2D eigenvalue weighted by Crippen LogP contribution is 2.51. The monoisotopic (exact) mass is 1640 g/mol. The Kier molecular flexibility index (Phi) is 35.8. The molecule has 3 aliphatic heterocycles. The third-order valence-electron chi connectivity index (χ3n) is 20.8. The highest BCUT2D eigenvalue weighted by atomic mass is 35.5. The van der Waals surface area contributed by atoms with Gasteiger partial charge in [0.15, 0.2) is 15.9 Å². The zero-order valence-corrected chi connectivity index (χ0v) is 73.1. The fourth-order valence-corrected chi connectivity index (χ4v) is 16.4. The van der Waals surface area contributed by atoms with Crippen LogP contribution in [-0.4, -0.2) is 190 Å². The molecule has 0 bridgehead atoms. The van der Waals surface area contributed by atoms with Gasteiger partial charge in [0.25, 0.3) is 20.0 Å². The van der Waals surface area contributed by atoms with Crippen LogP contribution < -0.4 is 25.2 Å². The summed E-state index contributed by atoms with van der Waals surface area (Å²) >= 11 is 5.91. The lowest BCUT2D eigenvalue weighted by molar-refractivity contribution is -0.108. The number of anilines is 1. The standard InChI is InChI=1S/C18H20ClN3O3.C16H27N3O2S.C15H30N2O2.C14H27NO3.C14H25NO3.C5H5FN2O2S/c19-17-14(18(23)24)5-6-15(20-17)22-9-7-16(21-22)25-10-8-13(11-1-2-11)12-3-4-12;1-16(2)10-9-13(12-16)6-5-11-19(3)14-7-4-8-15(18-14)22(17,20)21;1-14(2,3)19-13(18)17-11-12(8-7-9-16-6)10-15(17,4)5;2*1-13(2,3)18-12(17)15-10-11(7-6-8-16)9-14(15,4)5;6-4-2-1-3-5(8-4)11(7,9)10/h5-7,9,11-13H,1-4,8,10H2,(H,23,24);4,7-8,13H,5-6,9-12H2,1-3H3,(H2,17,20,21);12,16H,7-11H2,1-6H3;11,16H,6-10H2,1-5H3;8,11H,6-7,9-10H2,1-5H3;1-3H,(H2,7,9,10). The van der Waals surface area contributed by atoms with E-state index in [1.165, 1.54) is 87.1 Å².